The Kier molecular flexibility index (Phi) is 4.65. The number of aliphatic hydroxyl groups is 1. The molecule has 20 heavy (non-hydrogen) atoms. The topological polar surface area (TPSA) is 88.3 Å². The van der Waals surface area contributed by atoms with E-state index < -0.39 is 4.92 Å². The molecule has 2 rings (SSSR count). The summed E-state index contributed by atoms with van der Waals surface area (Å²) in [7, 11) is 0. The maximum Gasteiger partial charge on any atom is 0.288 e. The van der Waals surface area contributed by atoms with Crippen LogP contribution in [0.3, 0.4) is 0 Å². The second-order valence-electron chi connectivity index (χ2n) is 4.07. The summed E-state index contributed by atoms with van der Waals surface area (Å²) in [5, 5.41) is 23.2. The number of nitrogens with zero attached hydrogens (tertiary/aromatic N) is 2. The van der Waals surface area contributed by atoms with Crippen molar-refractivity contribution in [1.29, 1.82) is 0 Å². The standard InChI is InChI=1S/C13H12BrN3O3/c14-11-6-10(17(19)20)7-15-13(11)16-12(8-18)9-4-2-1-3-5-9/h1-7,12,18H,8H2,(H,15,16). The van der Waals surface area contributed by atoms with Gasteiger partial charge in [-0.25, -0.2) is 4.98 Å². The summed E-state index contributed by atoms with van der Waals surface area (Å²) in [4.78, 5) is 14.1. The molecule has 0 radical (unpaired) electrons. The first-order chi connectivity index (χ1) is 9.61. The lowest BCUT2D eigenvalue weighted by atomic mass is 10.1. The third-order valence-corrected chi connectivity index (χ3v) is 3.34. The molecule has 1 heterocycles. The largest absolute Gasteiger partial charge is 0.394 e. The highest BCUT2D eigenvalue weighted by Crippen LogP contribution is 2.27. The number of rotatable bonds is 5. The molecular formula is C13H12BrN3O3. The van der Waals surface area contributed by atoms with Crippen LogP contribution < -0.4 is 5.32 Å². The van der Waals surface area contributed by atoms with Crippen molar-refractivity contribution in [2.45, 2.75) is 6.04 Å². The van der Waals surface area contributed by atoms with Crippen molar-refractivity contribution in [3.63, 3.8) is 0 Å². The van der Waals surface area contributed by atoms with E-state index in [-0.39, 0.29) is 18.3 Å². The van der Waals surface area contributed by atoms with Crippen molar-refractivity contribution >= 4 is 27.4 Å². The van der Waals surface area contributed by atoms with E-state index in [1.165, 1.54) is 12.3 Å². The van der Waals surface area contributed by atoms with Gasteiger partial charge in [0.05, 0.1) is 22.0 Å². The van der Waals surface area contributed by atoms with Crippen LogP contribution in [0.15, 0.2) is 47.1 Å². The minimum Gasteiger partial charge on any atom is -0.394 e. The van der Waals surface area contributed by atoms with Gasteiger partial charge in [-0.05, 0) is 21.5 Å². The van der Waals surface area contributed by atoms with Gasteiger partial charge in [-0.3, -0.25) is 10.1 Å². The summed E-state index contributed by atoms with van der Waals surface area (Å²) >= 11 is 3.23. The summed E-state index contributed by atoms with van der Waals surface area (Å²) in [5.41, 5.74) is 0.810. The van der Waals surface area contributed by atoms with E-state index in [9.17, 15) is 15.2 Å². The van der Waals surface area contributed by atoms with Gasteiger partial charge in [-0.2, -0.15) is 0 Å². The molecule has 0 bridgehead atoms. The van der Waals surface area contributed by atoms with Gasteiger partial charge in [0, 0.05) is 6.07 Å². The molecule has 1 unspecified atom stereocenters. The highest BCUT2D eigenvalue weighted by Gasteiger charge is 2.15. The van der Waals surface area contributed by atoms with E-state index in [1.54, 1.807) is 0 Å². The van der Waals surface area contributed by atoms with Gasteiger partial charge in [-0.1, -0.05) is 30.3 Å². The van der Waals surface area contributed by atoms with Gasteiger partial charge in [0.2, 0.25) is 0 Å². The van der Waals surface area contributed by atoms with Crippen LogP contribution in [0, 0.1) is 10.1 Å². The Morgan fingerprint density at radius 3 is 2.65 bits per heavy atom. The Balaban J connectivity index is 2.22. The summed E-state index contributed by atoms with van der Waals surface area (Å²) in [6, 6.07) is 10.4. The molecule has 0 spiro atoms. The van der Waals surface area contributed by atoms with Crippen LogP contribution >= 0.6 is 15.9 Å². The van der Waals surface area contributed by atoms with Gasteiger partial charge < -0.3 is 10.4 Å². The predicted molar refractivity (Wildman–Crippen MR) is 78.5 cm³/mol. The summed E-state index contributed by atoms with van der Waals surface area (Å²) < 4.78 is 0.473. The number of pyridine rings is 1. The molecule has 104 valence electrons. The zero-order chi connectivity index (χ0) is 14.5. The molecule has 6 nitrogen and oxygen atoms in total. The molecule has 1 aromatic heterocycles. The van der Waals surface area contributed by atoms with Gasteiger partial charge in [0.1, 0.15) is 12.0 Å². The third-order valence-electron chi connectivity index (χ3n) is 2.73. The number of aromatic nitrogens is 1. The second-order valence-corrected chi connectivity index (χ2v) is 4.93. The zero-order valence-corrected chi connectivity index (χ0v) is 11.9. The molecule has 0 saturated heterocycles. The third kappa shape index (κ3) is 3.31. The maximum atomic E-state index is 10.6. The van der Waals surface area contributed by atoms with Crippen molar-refractivity contribution in [2.24, 2.45) is 0 Å². The van der Waals surface area contributed by atoms with Crippen LogP contribution in [-0.2, 0) is 0 Å². The van der Waals surface area contributed by atoms with Gasteiger partial charge in [-0.15, -0.1) is 0 Å². The first kappa shape index (κ1) is 14.4. The number of hydrogen-bond donors (Lipinski definition) is 2. The quantitative estimate of drug-likeness (QED) is 0.646. The van der Waals surface area contributed by atoms with E-state index >= 15 is 0 Å². The Bertz CT molecular complexity index is 607. The van der Waals surface area contributed by atoms with Crippen molar-refractivity contribution in [1.82, 2.24) is 4.98 Å². The predicted octanol–water partition coefficient (Wildman–Crippen LogP) is 2.90. The molecule has 2 N–H and O–H groups in total. The van der Waals surface area contributed by atoms with Crippen molar-refractivity contribution in [3.05, 3.63) is 62.7 Å². The molecule has 0 aliphatic carbocycles. The number of anilines is 1. The summed E-state index contributed by atoms with van der Waals surface area (Å²) in [6.45, 7) is -0.116. The van der Waals surface area contributed by atoms with E-state index in [0.29, 0.717) is 10.3 Å². The molecule has 0 aliphatic rings. The van der Waals surface area contributed by atoms with Crippen molar-refractivity contribution < 1.29 is 10.0 Å². The molecule has 0 fully saturated rings. The number of halogens is 1. The molecule has 0 amide bonds. The summed E-state index contributed by atoms with van der Waals surface area (Å²) in [5.74, 6) is 0.443. The van der Waals surface area contributed by atoms with E-state index in [0.717, 1.165) is 5.56 Å². The van der Waals surface area contributed by atoms with Gasteiger partial charge in [0.25, 0.3) is 5.69 Å². The minimum atomic E-state index is -0.512. The first-order valence-electron chi connectivity index (χ1n) is 5.84. The zero-order valence-electron chi connectivity index (χ0n) is 10.4. The van der Waals surface area contributed by atoms with Crippen LogP contribution in [0.25, 0.3) is 0 Å². The average molecular weight is 338 g/mol. The highest BCUT2D eigenvalue weighted by atomic mass is 79.9. The number of hydrogen-bond acceptors (Lipinski definition) is 5. The maximum absolute atomic E-state index is 10.6. The Morgan fingerprint density at radius 2 is 2.10 bits per heavy atom. The fourth-order valence-electron chi connectivity index (χ4n) is 1.72. The fourth-order valence-corrected chi connectivity index (χ4v) is 2.17. The van der Waals surface area contributed by atoms with Crippen LogP contribution in [0.4, 0.5) is 11.5 Å². The highest BCUT2D eigenvalue weighted by molar-refractivity contribution is 9.10. The van der Waals surface area contributed by atoms with Crippen molar-refractivity contribution in [3.8, 4) is 0 Å². The van der Waals surface area contributed by atoms with Crippen LogP contribution in [-0.4, -0.2) is 21.6 Å². The monoisotopic (exact) mass is 337 g/mol. The van der Waals surface area contributed by atoms with E-state index in [4.69, 9.17) is 0 Å². The smallest absolute Gasteiger partial charge is 0.288 e. The molecule has 1 aromatic carbocycles. The molecule has 0 saturated carbocycles. The second kappa shape index (κ2) is 6.44. The fraction of sp³-hybridized carbons (Fsp3) is 0.154. The van der Waals surface area contributed by atoms with Crippen molar-refractivity contribution in [2.75, 3.05) is 11.9 Å². The van der Waals surface area contributed by atoms with Crippen LogP contribution in [0.2, 0.25) is 0 Å². The number of aliphatic hydroxyl groups excluding tert-OH is 1. The summed E-state index contributed by atoms with van der Waals surface area (Å²) in [6.07, 6.45) is 1.17. The number of benzene rings is 1. The van der Waals surface area contributed by atoms with E-state index in [1.807, 2.05) is 30.3 Å². The molecular weight excluding hydrogens is 326 g/mol. The molecule has 7 heteroatoms. The lowest BCUT2D eigenvalue weighted by Crippen LogP contribution is -2.16. The Morgan fingerprint density at radius 1 is 1.40 bits per heavy atom. The lowest BCUT2D eigenvalue weighted by molar-refractivity contribution is -0.385. The molecule has 0 aliphatic heterocycles. The SMILES string of the molecule is O=[N+]([O-])c1cnc(NC(CO)c2ccccc2)c(Br)c1. The first-order valence-corrected chi connectivity index (χ1v) is 6.63. The number of nitrogens with one attached hydrogen (secondary N) is 1. The van der Waals surface area contributed by atoms with Gasteiger partial charge >= 0.3 is 0 Å². The normalized spacial score (nSPS) is 11.9. The van der Waals surface area contributed by atoms with E-state index in [2.05, 4.69) is 26.2 Å². The molecule has 2 aromatic rings. The lowest BCUT2D eigenvalue weighted by Gasteiger charge is -2.18. The Hall–Kier alpha value is -1.99. The minimum absolute atomic E-state index is 0.0947. The molecule has 1 atom stereocenters. The Labute approximate surface area is 123 Å². The average Bonchev–Trinajstić information content (AvgIpc) is 2.46. The van der Waals surface area contributed by atoms with Crippen LogP contribution in [0.5, 0.6) is 0 Å². The van der Waals surface area contributed by atoms with Gasteiger partial charge in [0.15, 0.2) is 0 Å². The van der Waals surface area contributed by atoms with Crippen LogP contribution in [0.1, 0.15) is 11.6 Å². The number of nitro groups is 1.